The van der Waals surface area contributed by atoms with Crippen LogP contribution in [0.5, 0.6) is 0 Å². The third kappa shape index (κ3) is 2.20. The van der Waals surface area contributed by atoms with Crippen LogP contribution in [0.15, 0.2) is 0 Å². The molecule has 2 fully saturated rings. The van der Waals surface area contributed by atoms with Crippen LogP contribution < -0.4 is 5.32 Å². The molecule has 2 heteroatoms. The summed E-state index contributed by atoms with van der Waals surface area (Å²) < 4.78 is 5.97. The quantitative estimate of drug-likeness (QED) is 0.679. The van der Waals surface area contributed by atoms with E-state index in [0.29, 0.717) is 12.2 Å². The normalized spacial score (nSPS) is 32.5. The average molecular weight is 169 g/mol. The smallest absolute Gasteiger partial charge is 0.0591 e. The third-order valence-electron chi connectivity index (χ3n) is 2.96. The van der Waals surface area contributed by atoms with Gasteiger partial charge in [0.05, 0.1) is 12.2 Å². The minimum absolute atomic E-state index is 0.560. The summed E-state index contributed by atoms with van der Waals surface area (Å²) in [5, 5.41) is 3.41. The van der Waals surface area contributed by atoms with E-state index in [0.717, 1.165) is 6.54 Å². The number of hydrogen-bond acceptors (Lipinski definition) is 2. The highest BCUT2D eigenvalue weighted by molar-refractivity contribution is 4.74. The highest BCUT2D eigenvalue weighted by Crippen LogP contribution is 2.25. The van der Waals surface area contributed by atoms with Crippen LogP contribution in [0.4, 0.5) is 0 Å². The molecule has 0 amide bonds. The Morgan fingerprint density at radius 3 is 2.33 bits per heavy atom. The van der Waals surface area contributed by atoms with Gasteiger partial charge >= 0.3 is 0 Å². The summed E-state index contributed by atoms with van der Waals surface area (Å²) in [6.45, 7) is 2.34. The fourth-order valence-electron chi connectivity index (χ4n) is 1.90. The van der Waals surface area contributed by atoms with Gasteiger partial charge in [0.15, 0.2) is 0 Å². The van der Waals surface area contributed by atoms with Gasteiger partial charge in [-0.3, -0.25) is 0 Å². The van der Waals surface area contributed by atoms with Gasteiger partial charge in [-0.25, -0.2) is 0 Å². The van der Waals surface area contributed by atoms with Crippen LogP contribution in [-0.4, -0.2) is 25.3 Å². The van der Waals surface area contributed by atoms with Gasteiger partial charge in [0.25, 0.3) is 0 Å². The summed E-state index contributed by atoms with van der Waals surface area (Å²) in [5.74, 6) is 0. The van der Waals surface area contributed by atoms with Crippen molar-refractivity contribution in [2.24, 2.45) is 0 Å². The molecule has 0 bridgehead atoms. The first kappa shape index (κ1) is 8.52. The number of hydrogen-bond donors (Lipinski definition) is 1. The van der Waals surface area contributed by atoms with E-state index in [2.05, 4.69) is 5.32 Å². The van der Waals surface area contributed by atoms with E-state index in [4.69, 9.17) is 4.74 Å². The lowest BCUT2D eigenvalue weighted by Crippen LogP contribution is -2.28. The first-order chi connectivity index (χ1) is 5.95. The van der Waals surface area contributed by atoms with Crippen molar-refractivity contribution < 1.29 is 4.74 Å². The van der Waals surface area contributed by atoms with Gasteiger partial charge in [-0.1, -0.05) is 0 Å². The molecule has 1 saturated heterocycles. The van der Waals surface area contributed by atoms with Gasteiger partial charge < -0.3 is 10.1 Å². The van der Waals surface area contributed by atoms with Crippen molar-refractivity contribution in [2.45, 2.75) is 50.7 Å². The van der Waals surface area contributed by atoms with E-state index in [1.165, 1.54) is 45.1 Å². The van der Waals surface area contributed by atoms with Crippen molar-refractivity contribution in [3.63, 3.8) is 0 Å². The Labute approximate surface area is 74.7 Å². The molecule has 0 radical (unpaired) electrons. The van der Waals surface area contributed by atoms with Crippen LogP contribution in [0.1, 0.15) is 38.5 Å². The van der Waals surface area contributed by atoms with Crippen LogP contribution in [-0.2, 0) is 4.74 Å². The molecule has 1 atom stereocenters. The number of ether oxygens (including phenoxy) is 1. The second-order valence-corrected chi connectivity index (χ2v) is 3.99. The molecule has 12 heavy (non-hydrogen) atoms. The summed E-state index contributed by atoms with van der Waals surface area (Å²) in [5.41, 5.74) is 0. The Kier molecular flexibility index (Phi) is 3.01. The van der Waals surface area contributed by atoms with Crippen LogP contribution in [0.3, 0.4) is 0 Å². The maximum atomic E-state index is 5.97. The zero-order chi connectivity index (χ0) is 8.23. The van der Waals surface area contributed by atoms with Crippen LogP contribution in [0.25, 0.3) is 0 Å². The first-order valence-electron chi connectivity index (χ1n) is 5.31. The summed E-state index contributed by atoms with van der Waals surface area (Å²) in [7, 11) is 0. The zero-order valence-corrected chi connectivity index (χ0v) is 7.72. The monoisotopic (exact) mass is 169 g/mol. The van der Waals surface area contributed by atoms with Crippen LogP contribution in [0, 0.1) is 0 Å². The maximum Gasteiger partial charge on any atom is 0.0591 e. The second-order valence-electron chi connectivity index (χ2n) is 3.99. The highest BCUT2D eigenvalue weighted by Gasteiger charge is 2.22. The van der Waals surface area contributed by atoms with Gasteiger partial charge in [0, 0.05) is 0 Å². The molecule has 1 saturated carbocycles. The van der Waals surface area contributed by atoms with E-state index in [-0.39, 0.29) is 0 Å². The van der Waals surface area contributed by atoms with Crippen molar-refractivity contribution in [3.8, 4) is 0 Å². The predicted octanol–water partition coefficient (Wildman–Crippen LogP) is 1.70. The van der Waals surface area contributed by atoms with Gasteiger partial charge in [-0.15, -0.1) is 0 Å². The molecule has 2 nitrogen and oxygen atoms in total. The molecular formula is C10H19NO. The fourth-order valence-corrected chi connectivity index (χ4v) is 1.90. The molecular weight excluding hydrogens is 150 g/mol. The van der Waals surface area contributed by atoms with Gasteiger partial charge in [0.1, 0.15) is 0 Å². The third-order valence-corrected chi connectivity index (χ3v) is 2.96. The zero-order valence-electron chi connectivity index (χ0n) is 7.72. The van der Waals surface area contributed by atoms with E-state index >= 15 is 0 Å². The minimum atomic E-state index is 0.560. The van der Waals surface area contributed by atoms with E-state index in [1.54, 1.807) is 0 Å². The SMILES string of the molecule is C1CC(OC2CCCNCC2)C1. The molecule has 1 aliphatic carbocycles. The molecule has 1 unspecified atom stereocenters. The van der Waals surface area contributed by atoms with Gasteiger partial charge in [-0.2, -0.15) is 0 Å². The molecule has 70 valence electrons. The maximum absolute atomic E-state index is 5.97. The molecule has 2 aliphatic rings. The lowest BCUT2D eigenvalue weighted by Gasteiger charge is -2.30. The molecule has 1 N–H and O–H groups in total. The lowest BCUT2D eigenvalue weighted by molar-refractivity contribution is -0.0551. The first-order valence-corrected chi connectivity index (χ1v) is 5.31. The van der Waals surface area contributed by atoms with E-state index < -0.39 is 0 Å². The Balaban J connectivity index is 1.69. The Hall–Kier alpha value is -0.0800. The minimum Gasteiger partial charge on any atom is -0.375 e. The van der Waals surface area contributed by atoms with Crippen molar-refractivity contribution >= 4 is 0 Å². The fraction of sp³-hybridized carbons (Fsp3) is 1.00. The molecule has 0 aromatic heterocycles. The van der Waals surface area contributed by atoms with E-state index in [1.807, 2.05) is 0 Å². The standard InChI is InChI=1S/C10H19NO/c1-3-9(4-1)12-10-5-2-7-11-8-6-10/h9-11H,1-8H2. The average Bonchev–Trinajstić information content (AvgIpc) is 2.24. The number of nitrogens with one attached hydrogen (secondary N) is 1. The molecule has 2 rings (SSSR count). The largest absolute Gasteiger partial charge is 0.375 e. The van der Waals surface area contributed by atoms with Crippen LogP contribution in [0.2, 0.25) is 0 Å². The summed E-state index contributed by atoms with van der Waals surface area (Å²) in [6.07, 6.45) is 8.96. The summed E-state index contributed by atoms with van der Waals surface area (Å²) in [4.78, 5) is 0. The van der Waals surface area contributed by atoms with Crippen molar-refractivity contribution in [3.05, 3.63) is 0 Å². The Bertz CT molecular complexity index is 126. The Morgan fingerprint density at radius 1 is 0.833 bits per heavy atom. The molecule has 0 aromatic carbocycles. The predicted molar refractivity (Wildman–Crippen MR) is 49.2 cm³/mol. The topological polar surface area (TPSA) is 21.3 Å². The lowest BCUT2D eigenvalue weighted by atomic mass is 9.95. The molecule has 1 aliphatic heterocycles. The highest BCUT2D eigenvalue weighted by atomic mass is 16.5. The van der Waals surface area contributed by atoms with Crippen molar-refractivity contribution in [1.29, 1.82) is 0 Å². The van der Waals surface area contributed by atoms with Gasteiger partial charge in [-0.05, 0) is 51.6 Å². The molecule has 1 heterocycles. The second kappa shape index (κ2) is 4.24. The Morgan fingerprint density at radius 2 is 1.58 bits per heavy atom. The summed E-state index contributed by atoms with van der Waals surface area (Å²) >= 11 is 0. The van der Waals surface area contributed by atoms with Crippen LogP contribution >= 0.6 is 0 Å². The van der Waals surface area contributed by atoms with Gasteiger partial charge in [0.2, 0.25) is 0 Å². The van der Waals surface area contributed by atoms with Crippen molar-refractivity contribution in [2.75, 3.05) is 13.1 Å². The molecule has 0 aromatic rings. The van der Waals surface area contributed by atoms with E-state index in [9.17, 15) is 0 Å². The summed E-state index contributed by atoms with van der Waals surface area (Å²) in [6, 6.07) is 0. The number of rotatable bonds is 2. The molecule has 0 spiro atoms. The van der Waals surface area contributed by atoms with Crippen molar-refractivity contribution in [1.82, 2.24) is 5.32 Å².